The van der Waals surface area contributed by atoms with Gasteiger partial charge in [0.2, 0.25) is 0 Å². The zero-order valence-corrected chi connectivity index (χ0v) is 11.1. The molecule has 2 aromatic rings. The molecule has 2 nitrogen and oxygen atoms in total. The fraction of sp³-hybridized carbons (Fsp3) is 0.286. The number of hydrogen-bond acceptors (Lipinski definition) is 3. The van der Waals surface area contributed by atoms with E-state index < -0.39 is 0 Å². The van der Waals surface area contributed by atoms with Crippen LogP contribution in [0.25, 0.3) is 0 Å². The van der Waals surface area contributed by atoms with Crippen LogP contribution in [0, 0.1) is 13.8 Å². The van der Waals surface area contributed by atoms with Gasteiger partial charge in [-0.1, -0.05) is 6.07 Å². The van der Waals surface area contributed by atoms with Crippen LogP contribution in [-0.2, 0) is 0 Å². The van der Waals surface area contributed by atoms with Gasteiger partial charge in [0.05, 0.1) is 6.04 Å². The maximum Gasteiger partial charge on any atom is 0.120 e. The van der Waals surface area contributed by atoms with Gasteiger partial charge < -0.3 is 10.4 Å². The quantitative estimate of drug-likeness (QED) is 0.850. The lowest BCUT2D eigenvalue weighted by Gasteiger charge is -2.15. The summed E-state index contributed by atoms with van der Waals surface area (Å²) >= 11 is 1.76. The van der Waals surface area contributed by atoms with Crippen LogP contribution in [0.5, 0.6) is 5.75 Å². The van der Waals surface area contributed by atoms with E-state index in [2.05, 4.69) is 30.6 Å². The van der Waals surface area contributed by atoms with Gasteiger partial charge in [0, 0.05) is 16.6 Å². The highest BCUT2D eigenvalue weighted by molar-refractivity contribution is 7.10. The fourth-order valence-electron chi connectivity index (χ4n) is 1.84. The van der Waals surface area contributed by atoms with E-state index in [0.29, 0.717) is 5.75 Å². The standard InChI is InChI=1S/C14H17NOS/c1-9-4-5-12(8-13(9)16)15-11(3)14-10(2)6-7-17-14/h4-8,11,15-16H,1-3H3. The van der Waals surface area contributed by atoms with Crippen molar-refractivity contribution in [2.45, 2.75) is 26.8 Å². The van der Waals surface area contributed by atoms with E-state index in [4.69, 9.17) is 0 Å². The van der Waals surface area contributed by atoms with E-state index >= 15 is 0 Å². The minimum Gasteiger partial charge on any atom is -0.508 e. The van der Waals surface area contributed by atoms with Crippen LogP contribution >= 0.6 is 11.3 Å². The Morgan fingerprint density at radius 1 is 1.18 bits per heavy atom. The summed E-state index contributed by atoms with van der Waals surface area (Å²) in [6.07, 6.45) is 0. The van der Waals surface area contributed by atoms with Crippen LogP contribution in [0.2, 0.25) is 0 Å². The number of thiophene rings is 1. The Balaban J connectivity index is 2.16. The smallest absolute Gasteiger partial charge is 0.120 e. The van der Waals surface area contributed by atoms with E-state index in [1.807, 2.05) is 19.1 Å². The van der Waals surface area contributed by atoms with Gasteiger partial charge in [-0.3, -0.25) is 0 Å². The molecular weight excluding hydrogens is 230 g/mol. The lowest BCUT2D eigenvalue weighted by Crippen LogP contribution is -2.05. The van der Waals surface area contributed by atoms with Gasteiger partial charge in [-0.2, -0.15) is 0 Å². The van der Waals surface area contributed by atoms with Gasteiger partial charge in [-0.25, -0.2) is 0 Å². The SMILES string of the molecule is Cc1ccc(NC(C)c2sccc2C)cc1O. The topological polar surface area (TPSA) is 32.3 Å². The summed E-state index contributed by atoms with van der Waals surface area (Å²) in [4.78, 5) is 1.34. The first-order chi connectivity index (χ1) is 8.08. The summed E-state index contributed by atoms with van der Waals surface area (Å²) in [6.45, 7) is 6.15. The van der Waals surface area contributed by atoms with E-state index in [-0.39, 0.29) is 6.04 Å². The van der Waals surface area contributed by atoms with E-state index in [9.17, 15) is 5.11 Å². The number of anilines is 1. The second-order valence-electron chi connectivity index (χ2n) is 4.34. The van der Waals surface area contributed by atoms with Gasteiger partial charge in [-0.05, 0) is 49.4 Å². The molecule has 0 aliphatic heterocycles. The van der Waals surface area contributed by atoms with Crippen molar-refractivity contribution >= 4 is 17.0 Å². The second-order valence-corrected chi connectivity index (χ2v) is 5.28. The van der Waals surface area contributed by atoms with E-state index in [1.54, 1.807) is 17.4 Å². The Morgan fingerprint density at radius 3 is 2.53 bits per heavy atom. The van der Waals surface area contributed by atoms with E-state index in [0.717, 1.165) is 11.3 Å². The van der Waals surface area contributed by atoms with Crippen LogP contribution < -0.4 is 5.32 Å². The summed E-state index contributed by atoms with van der Waals surface area (Å²) in [5.41, 5.74) is 3.16. The highest BCUT2D eigenvalue weighted by Crippen LogP contribution is 2.28. The Bertz CT molecular complexity index is 519. The van der Waals surface area contributed by atoms with Crippen LogP contribution in [0.1, 0.15) is 29.0 Å². The number of benzene rings is 1. The Kier molecular flexibility index (Phi) is 3.38. The third kappa shape index (κ3) is 2.61. The monoisotopic (exact) mass is 247 g/mol. The predicted molar refractivity (Wildman–Crippen MR) is 73.9 cm³/mol. The first-order valence-electron chi connectivity index (χ1n) is 5.68. The molecule has 2 N–H and O–H groups in total. The molecule has 90 valence electrons. The van der Waals surface area contributed by atoms with Crippen molar-refractivity contribution in [2.24, 2.45) is 0 Å². The van der Waals surface area contributed by atoms with Crippen LogP contribution in [0.15, 0.2) is 29.6 Å². The molecule has 0 saturated carbocycles. The third-order valence-electron chi connectivity index (χ3n) is 2.89. The number of phenolic OH excluding ortho intramolecular Hbond substituents is 1. The Hall–Kier alpha value is -1.48. The van der Waals surface area contributed by atoms with Gasteiger partial charge in [-0.15, -0.1) is 11.3 Å². The van der Waals surface area contributed by atoms with Crippen molar-refractivity contribution < 1.29 is 5.11 Å². The third-order valence-corrected chi connectivity index (χ3v) is 4.09. The van der Waals surface area contributed by atoms with Crippen molar-refractivity contribution in [2.75, 3.05) is 5.32 Å². The maximum atomic E-state index is 9.66. The number of aromatic hydroxyl groups is 1. The average Bonchev–Trinajstić information content (AvgIpc) is 2.70. The normalized spacial score (nSPS) is 12.4. The molecule has 0 aliphatic rings. The zero-order chi connectivity index (χ0) is 12.4. The van der Waals surface area contributed by atoms with Crippen molar-refractivity contribution in [1.29, 1.82) is 0 Å². The number of rotatable bonds is 3. The molecule has 1 atom stereocenters. The summed E-state index contributed by atoms with van der Waals surface area (Å²) in [5, 5.41) is 15.2. The highest BCUT2D eigenvalue weighted by Gasteiger charge is 2.10. The highest BCUT2D eigenvalue weighted by atomic mass is 32.1. The van der Waals surface area contributed by atoms with Gasteiger partial charge in [0.25, 0.3) is 0 Å². The second kappa shape index (κ2) is 4.80. The average molecular weight is 247 g/mol. The number of hydrogen-bond donors (Lipinski definition) is 2. The molecule has 3 heteroatoms. The van der Waals surface area contributed by atoms with E-state index in [1.165, 1.54) is 10.4 Å². The first-order valence-corrected chi connectivity index (χ1v) is 6.56. The van der Waals surface area contributed by atoms with Crippen LogP contribution in [-0.4, -0.2) is 5.11 Å². The molecule has 0 saturated heterocycles. The van der Waals surface area contributed by atoms with Crippen LogP contribution in [0.3, 0.4) is 0 Å². The van der Waals surface area contributed by atoms with Crippen molar-refractivity contribution in [3.8, 4) is 5.75 Å². The Morgan fingerprint density at radius 2 is 1.94 bits per heavy atom. The maximum absolute atomic E-state index is 9.66. The molecule has 1 heterocycles. The number of nitrogens with one attached hydrogen (secondary N) is 1. The summed E-state index contributed by atoms with van der Waals surface area (Å²) in [5.74, 6) is 0.338. The molecule has 2 rings (SSSR count). The lowest BCUT2D eigenvalue weighted by molar-refractivity contribution is 0.471. The van der Waals surface area contributed by atoms with Gasteiger partial charge in [0.15, 0.2) is 0 Å². The Labute approximate surface area is 106 Å². The van der Waals surface area contributed by atoms with Crippen molar-refractivity contribution in [1.82, 2.24) is 0 Å². The molecular formula is C14H17NOS. The number of aryl methyl sites for hydroxylation is 2. The molecule has 1 aromatic heterocycles. The number of phenols is 1. The fourth-order valence-corrected chi connectivity index (χ4v) is 2.78. The molecule has 0 fully saturated rings. The van der Waals surface area contributed by atoms with Gasteiger partial charge in [0.1, 0.15) is 5.75 Å². The minimum atomic E-state index is 0.261. The van der Waals surface area contributed by atoms with Crippen LogP contribution in [0.4, 0.5) is 5.69 Å². The molecule has 0 spiro atoms. The largest absolute Gasteiger partial charge is 0.508 e. The molecule has 0 aliphatic carbocycles. The molecule has 17 heavy (non-hydrogen) atoms. The van der Waals surface area contributed by atoms with Crippen molar-refractivity contribution in [3.05, 3.63) is 45.6 Å². The van der Waals surface area contributed by atoms with Gasteiger partial charge >= 0.3 is 0 Å². The summed E-state index contributed by atoms with van der Waals surface area (Å²) < 4.78 is 0. The molecule has 1 aromatic carbocycles. The molecule has 0 bridgehead atoms. The minimum absolute atomic E-state index is 0.261. The van der Waals surface area contributed by atoms with Crippen molar-refractivity contribution in [3.63, 3.8) is 0 Å². The molecule has 0 amide bonds. The predicted octanol–water partition coefficient (Wildman–Crippen LogP) is 4.24. The summed E-state index contributed by atoms with van der Waals surface area (Å²) in [7, 11) is 0. The molecule has 0 radical (unpaired) electrons. The lowest BCUT2D eigenvalue weighted by atomic mass is 10.1. The summed E-state index contributed by atoms with van der Waals surface area (Å²) in [6, 6.07) is 8.08. The zero-order valence-electron chi connectivity index (χ0n) is 10.3. The molecule has 1 unspecified atom stereocenters. The first kappa shape index (κ1) is 12.0.